The van der Waals surface area contributed by atoms with Crippen molar-refractivity contribution in [3.8, 4) is 0 Å². The summed E-state index contributed by atoms with van der Waals surface area (Å²) in [6, 6.07) is -0.640. The van der Waals surface area contributed by atoms with Gasteiger partial charge in [-0.05, 0) is 19.7 Å². The molecular weight excluding hydrogens is 383 g/mol. The second kappa shape index (κ2) is 9.83. The lowest BCUT2D eigenvalue weighted by molar-refractivity contribution is -0.127. The zero-order valence-electron chi connectivity index (χ0n) is 18.4. The minimum absolute atomic E-state index is 0.180. The van der Waals surface area contributed by atoms with Gasteiger partial charge in [0.15, 0.2) is 0 Å². The lowest BCUT2D eigenvalue weighted by Crippen LogP contribution is -2.65. The van der Waals surface area contributed by atoms with Crippen LogP contribution in [0.15, 0.2) is 12.5 Å². The van der Waals surface area contributed by atoms with E-state index < -0.39 is 13.1 Å². The van der Waals surface area contributed by atoms with E-state index in [1.165, 1.54) is 6.42 Å². The summed E-state index contributed by atoms with van der Waals surface area (Å²) in [6.45, 7) is 7.41. The highest BCUT2D eigenvalue weighted by Gasteiger charge is 2.38. The van der Waals surface area contributed by atoms with Crippen LogP contribution in [-0.4, -0.2) is 82.0 Å². The van der Waals surface area contributed by atoms with Gasteiger partial charge in [0.2, 0.25) is 5.91 Å². The second-order valence-corrected chi connectivity index (χ2v) is 9.19. The Morgan fingerprint density at radius 2 is 2.03 bits per heavy atom. The smallest absolute Gasteiger partial charge is 0.376 e. The summed E-state index contributed by atoms with van der Waals surface area (Å²) in [7, 11) is -0.662. The molecule has 0 unspecified atom stereocenters. The van der Waals surface area contributed by atoms with Gasteiger partial charge in [0, 0.05) is 49.5 Å². The number of carbonyl (C=O) groups is 2. The summed E-state index contributed by atoms with van der Waals surface area (Å²) < 4.78 is 0. The fourth-order valence-electron chi connectivity index (χ4n) is 4.26. The van der Waals surface area contributed by atoms with E-state index in [0.29, 0.717) is 26.2 Å². The highest BCUT2D eigenvalue weighted by Crippen LogP contribution is 2.21. The van der Waals surface area contributed by atoms with Crippen LogP contribution in [0.4, 0.5) is 4.79 Å². The predicted octanol–water partition coefficient (Wildman–Crippen LogP) is 0.942. The van der Waals surface area contributed by atoms with Gasteiger partial charge >= 0.3 is 13.1 Å². The minimum atomic E-state index is -0.662. The van der Waals surface area contributed by atoms with Crippen molar-refractivity contribution < 1.29 is 14.6 Å². The Labute approximate surface area is 179 Å². The van der Waals surface area contributed by atoms with Gasteiger partial charge in [-0.15, -0.1) is 0 Å². The number of hydrogen-bond acceptors (Lipinski definition) is 5. The summed E-state index contributed by atoms with van der Waals surface area (Å²) in [5, 5.41) is 16.1. The molecule has 0 aromatic carbocycles. The molecule has 0 bridgehead atoms. The van der Waals surface area contributed by atoms with Crippen LogP contribution in [0.1, 0.15) is 51.6 Å². The molecule has 2 fully saturated rings. The number of hydrogen-bond donors (Lipinski definition) is 4. The molecule has 1 aliphatic carbocycles. The monoisotopic (exact) mass is 418 g/mol. The van der Waals surface area contributed by atoms with Crippen LogP contribution in [-0.2, 0) is 10.2 Å². The molecule has 1 saturated heterocycles. The van der Waals surface area contributed by atoms with Crippen LogP contribution in [0.3, 0.4) is 0 Å². The maximum Gasteiger partial charge on any atom is 0.376 e. The summed E-state index contributed by atoms with van der Waals surface area (Å²) in [6.07, 6.45) is 8.85. The van der Waals surface area contributed by atoms with Gasteiger partial charge < -0.3 is 30.4 Å². The average molecular weight is 418 g/mol. The predicted molar refractivity (Wildman–Crippen MR) is 116 cm³/mol. The van der Waals surface area contributed by atoms with Crippen molar-refractivity contribution in [2.45, 2.75) is 70.3 Å². The van der Waals surface area contributed by atoms with Crippen LogP contribution in [0.2, 0.25) is 6.82 Å². The molecular formula is C20H35BN6O3. The Morgan fingerprint density at radius 3 is 2.67 bits per heavy atom. The first-order valence-corrected chi connectivity index (χ1v) is 11.0. The number of nitrogens with zero attached hydrogens (tertiary/aromatic N) is 3. The number of aromatic amines is 1. The zero-order chi connectivity index (χ0) is 21.7. The third kappa shape index (κ3) is 5.54. The molecule has 1 aliphatic heterocycles. The van der Waals surface area contributed by atoms with Crippen LogP contribution in [0.25, 0.3) is 0 Å². The number of rotatable bonds is 6. The summed E-state index contributed by atoms with van der Waals surface area (Å²) >= 11 is 0. The third-order valence-corrected chi connectivity index (χ3v) is 6.37. The van der Waals surface area contributed by atoms with Gasteiger partial charge in [0.05, 0.1) is 6.33 Å². The lowest BCUT2D eigenvalue weighted by atomic mass is 9.83. The zero-order valence-corrected chi connectivity index (χ0v) is 18.4. The molecule has 1 aromatic rings. The summed E-state index contributed by atoms with van der Waals surface area (Å²) in [4.78, 5) is 36.7. The van der Waals surface area contributed by atoms with Crippen molar-refractivity contribution >= 4 is 19.0 Å². The Morgan fingerprint density at radius 1 is 1.30 bits per heavy atom. The fraction of sp³-hybridized carbons (Fsp3) is 0.750. The molecule has 3 amide bonds. The molecule has 3 rings (SSSR count). The van der Waals surface area contributed by atoms with Crippen LogP contribution < -0.4 is 10.6 Å². The van der Waals surface area contributed by atoms with Crippen molar-refractivity contribution in [3.63, 3.8) is 0 Å². The molecule has 9 nitrogen and oxygen atoms in total. The standard InChI is InChI=1S/C20H35BN6O3/c1-20(2,17-11-22-14-24-17)13-23-18(28)16-12-26(21(3)30)9-10-27(16)19(29)25-15-7-5-4-6-8-15/h11,14-16,30H,4-10,12-13H2,1-3H3,(H,22,24)(H,23,28)(H,25,29)/t16-/m1/s1. The number of nitrogens with one attached hydrogen (secondary N) is 3. The molecule has 1 atom stereocenters. The number of urea groups is 1. The molecule has 0 radical (unpaired) electrons. The van der Waals surface area contributed by atoms with Gasteiger partial charge in [0.25, 0.3) is 0 Å². The molecule has 0 spiro atoms. The van der Waals surface area contributed by atoms with Crippen LogP contribution in [0, 0.1) is 0 Å². The van der Waals surface area contributed by atoms with E-state index in [4.69, 9.17) is 0 Å². The second-order valence-electron chi connectivity index (χ2n) is 9.19. The first-order chi connectivity index (χ1) is 14.3. The van der Waals surface area contributed by atoms with Crippen molar-refractivity contribution in [3.05, 3.63) is 18.2 Å². The SMILES string of the molecule is CB(O)N1CCN(C(=O)NC2CCCCC2)[C@@H](C(=O)NCC(C)(C)c2cnc[nH]2)C1. The molecule has 10 heteroatoms. The fourth-order valence-corrected chi connectivity index (χ4v) is 4.26. The van der Waals surface area contributed by atoms with Crippen LogP contribution >= 0.6 is 0 Å². The van der Waals surface area contributed by atoms with Crippen molar-refractivity contribution in [1.82, 2.24) is 30.3 Å². The molecule has 4 N–H and O–H groups in total. The maximum absolute atomic E-state index is 13.1. The number of amides is 3. The van der Waals surface area contributed by atoms with E-state index in [1.54, 1.807) is 24.2 Å². The van der Waals surface area contributed by atoms with Gasteiger partial charge in [-0.25, -0.2) is 9.78 Å². The van der Waals surface area contributed by atoms with Crippen LogP contribution in [0.5, 0.6) is 0 Å². The first kappa shape index (κ1) is 22.6. The normalized spacial score (nSPS) is 21.3. The Kier molecular flexibility index (Phi) is 7.41. The molecule has 1 saturated carbocycles. The van der Waals surface area contributed by atoms with E-state index in [9.17, 15) is 14.6 Å². The Hall–Kier alpha value is -2.07. The molecule has 2 aliphatic rings. The third-order valence-electron chi connectivity index (χ3n) is 6.37. The van der Waals surface area contributed by atoms with E-state index in [0.717, 1.165) is 31.4 Å². The van der Waals surface area contributed by atoms with E-state index >= 15 is 0 Å². The van der Waals surface area contributed by atoms with E-state index in [-0.39, 0.29) is 23.4 Å². The molecule has 166 valence electrons. The number of imidazole rings is 1. The minimum Gasteiger partial charge on any atom is -0.437 e. The van der Waals surface area contributed by atoms with Gasteiger partial charge in [0.1, 0.15) is 6.04 Å². The summed E-state index contributed by atoms with van der Waals surface area (Å²) in [5.74, 6) is -0.202. The quantitative estimate of drug-likeness (QED) is 0.514. The number of H-pyrrole nitrogens is 1. The maximum atomic E-state index is 13.1. The highest BCUT2D eigenvalue weighted by atomic mass is 16.2. The Bertz CT molecular complexity index is 705. The molecule has 30 heavy (non-hydrogen) atoms. The first-order valence-electron chi connectivity index (χ1n) is 11.0. The lowest BCUT2D eigenvalue weighted by Gasteiger charge is -2.42. The van der Waals surface area contributed by atoms with E-state index in [1.807, 2.05) is 18.7 Å². The van der Waals surface area contributed by atoms with E-state index in [2.05, 4.69) is 20.6 Å². The molecule has 2 heterocycles. The van der Waals surface area contributed by atoms with Gasteiger partial charge in [-0.2, -0.15) is 0 Å². The van der Waals surface area contributed by atoms with Gasteiger partial charge in [-0.1, -0.05) is 33.1 Å². The average Bonchev–Trinajstić information content (AvgIpc) is 3.28. The Balaban J connectivity index is 1.65. The largest absolute Gasteiger partial charge is 0.437 e. The highest BCUT2D eigenvalue weighted by molar-refractivity contribution is 6.45. The van der Waals surface area contributed by atoms with Crippen molar-refractivity contribution in [1.29, 1.82) is 0 Å². The van der Waals surface area contributed by atoms with Crippen molar-refractivity contribution in [2.24, 2.45) is 0 Å². The number of piperazine rings is 1. The van der Waals surface area contributed by atoms with Crippen molar-refractivity contribution in [2.75, 3.05) is 26.2 Å². The summed E-state index contributed by atoms with van der Waals surface area (Å²) in [5.41, 5.74) is 0.615. The molecule has 1 aromatic heterocycles. The topological polar surface area (TPSA) is 114 Å². The van der Waals surface area contributed by atoms with Gasteiger partial charge in [-0.3, -0.25) is 4.79 Å². The number of aromatic nitrogens is 2. The number of carbonyl (C=O) groups excluding carboxylic acids is 2.